The predicted molar refractivity (Wildman–Crippen MR) is 81.1 cm³/mol. The van der Waals surface area contributed by atoms with E-state index in [1.807, 2.05) is 19.1 Å². The Bertz CT molecular complexity index is 643. The van der Waals surface area contributed by atoms with Crippen molar-refractivity contribution in [2.75, 3.05) is 12.0 Å². The normalized spacial score (nSPS) is 13.9. The molecule has 1 aromatic heterocycles. The summed E-state index contributed by atoms with van der Waals surface area (Å²) in [6.45, 7) is 3.24. The second kappa shape index (κ2) is 5.47. The van der Waals surface area contributed by atoms with Crippen LogP contribution < -0.4 is 11.3 Å². The van der Waals surface area contributed by atoms with Crippen LogP contribution >= 0.6 is 15.9 Å². The highest BCUT2D eigenvalue weighted by Gasteiger charge is 2.18. The lowest BCUT2D eigenvalue weighted by Crippen LogP contribution is -2.19. The molecule has 3 N–H and O–H groups in total. The maximum absolute atomic E-state index is 5.57. The molecule has 1 aromatic carbocycles. The van der Waals surface area contributed by atoms with Gasteiger partial charge in [0, 0.05) is 22.0 Å². The Morgan fingerprint density at radius 2 is 2.20 bits per heavy atom. The fourth-order valence-electron chi connectivity index (χ4n) is 2.26. The van der Waals surface area contributed by atoms with Crippen LogP contribution in [-0.2, 0) is 17.8 Å². The minimum atomic E-state index is 0.508. The molecule has 0 bridgehead atoms. The summed E-state index contributed by atoms with van der Waals surface area (Å²) in [5.41, 5.74) is 6.75. The van der Waals surface area contributed by atoms with E-state index >= 15 is 0 Å². The maximum atomic E-state index is 5.57. The first-order valence-corrected chi connectivity index (χ1v) is 7.19. The van der Waals surface area contributed by atoms with Crippen molar-refractivity contribution >= 4 is 21.7 Å². The Morgan fingerprint density at radius 3 is 2.95 bits per heavy atom. The summed E-state index contributed by atoms with van der Waals surface area (Å²) >= 11 is 3.50. The minimum absolute atomic E-state index is 0.508. The molecule has 1 aliphatic heterocycles. The number of anilines is 1. The summed E-state index contributed by atoms with van der Waals surface area (Å²) in [7, 11) is 0. The molecule has 0 saturated heterocycles. The fraction of sp³-hybridized carbons (Fsp3) is 0.286. The molecule has 0 aliphatic carbocycles. The Hall–Kier alpha value is -1.50. The number of aryl methyl sites for hydroxylation is 1. The predicted octanol–water partition coefficient (Wildman–Crippen LogP) is 2.57. The largest absolute Gasteiger partial charge is 0.376 e. The Balaban J connectivity index is 2.11. The van der Waals surface area contributed by atoms with Crippen LogP contribution in [0.4, 0.5) is 5.82 Å². The summed E-state index contributed by atoms with van der Waals surface area (Å²) in [6, 6.07) is 6.07. The van der Waals surface area contributed by atoms with E-state index < -0.39 is 0 Å². The molecule has 0 spiro atoms. The molecule has 3 rings (SSSR count). The number of hydrogen-bond acceptors (Lipinski definition) is 5. The molecule has 1 aliphatic rings. The van der Waals surface area contributed by atoms with E-state index in [1.54, 1.807) is 0 Å². The van der Waals surface area contributed by atoms with E-state index in [1.165, 1.54) is 0 Å². The van der Waals surface area contributed by atoms with Gasteiger partial charge >= 0.3 is 0 Å². The zero-order valence-corrected chi connectivity index (χ0v) is 12.7. The van der Waals surface area contributed by atoms with Gasteiger partial charge in [0.15, 0.2) is 5.82 Å². The molecule has 0 unspecified atom stereocenters. The van der Waals surface area contributed by atoms with Gasteiger partial charge in [-0.15, -0.1) is 0 Å². The number of nitrogens with two attached hydrogens (primary N) is 1. The Kier molecular flexibility index (Phi) is 3.69. The number of benzene rings is 1. The number of nitrogens with one attached hydrogen (secondary N) is 1. The van der Waals surface area contributed by atoms with Crippen LogP contribution in [0.5, 0.6) is 0 Å². The van der Waals surface area contributed by atoms with Gasteiger partial charge < -0.3 is 10.2 Å². The van der Waals surface area contributed by atoms with Crippen molar-refractivity contribution in [3.05, 3.63) is 39.5 Å². The summed E-state index contributed by atoms with van der Waals surface area (Å²) in [4.78, 5) is 9.16. The van der Waals surface area contributed by atoms with Crippen molar-refractivity contribution in [3.63, 3.8) is 0 Å². The molecular formula is C14H15BrN4O. The molecule has 0 saturated carbocycles. The number of halogens is 1. The Morgan fingerprint density at radius 1 is 1.35 bits per heavy atom. The van der Waals surface area contributed by atoms with Crippen LogP contribution in [0.1, 0.15) is 16.8 Å². The summed E-state index contributed by atoms with van der Waals surface area (Å²) in [5.74, 6) is 6.90. The molecule has 0 atom stereocenters. The molecule has 0 amide bonds. The second-order valence-corrected chi connectivity index (χ2v) is 5.59. The lowest BCUT2D eigenvalue weighted by molar-refractivity contribution is 0.109. The highest BCUT2D eigenvalue weighted by atomic mass is 79.9. The van der Waals surface area contributed by atoms with E-state index in [0.717, 1.165) is 33.3 Å². The molecule has 0 radical (unpaired) electrons. The van der Waals surface area contributed by atoms with Crippen molar-refractivity contribution in [2.24, 2.45) is 5.84 Å². The van der Waals surface area contributed by atoms with Crippen LogP contribution in [0.3, 0.4) is 0 Å². The second-order valence-electron chi connectivity index (χ2n) is 4.73. The third-order valence-corrected chi connectivity index (χ3v) is 4.26. The van der Waals surface area contributed by atoms with E-state index in [0.29, 0.717) is 24.9 Å². The van der Waals surface area contributed by atoms with E-state index in [9.17, 15) is 0 Å². The van der Waals surface area contributed by atoms with Crippen molar-refractivity contribution in [2.45, 2.75) is 20.0 Å². The van der Waals surface area contributed by atoms with Gasteiger partial charge in [0.1, 0.15) is 5.82 Å². The van der Waals surface area contributed by atoms with Gasteiger partial charge in [-0.3, -0.25) is 0 Å². The minimum Gasteiger partial charge on any atom is -0.376 e. The molecule has 0 fully saturated rings. The summed E-state index contributed by atoms with van der Waals surface area (Å²) in [6.07, 6.45) is 0.787. The summed E-state index contributed by atoms with van der Waals surface area (Å²) in [5, 5.41) is 0. The molecule has 2 heterocycles. The van der Waals surface area contributed by atoms with Crippen LogP contribution in [0, 0.1) is 6.92 Å². The van der Waals surface area contributed by atoms with E-state index in [2.05, 4.69) is 37.4 Å². The van der Waals surface area contributed by atoms with Crippen molar-refractivity contribution in [3.8, 4) is 11.4 Å². The maximum Gasteiger partial charge on any atom is 0.161 e. The van der Waals surface area contributed by atoms with Crippen LogP contribution in [0.15, 0.2) is 22.7 Å². The number of rotatable bonds is 2. The lowest BCUT2D eigenvalue weighted by Gasteiger charge is -2.19. The van der Waals surface area contributed by atoms with Gasteiger partial charge in [0.2, 0.25) is 0 Å². The average molecular weight is 335 g/mol. The molecule has 20 heavy (non-hydrogen) atoms. The van der Waals surface area contributed by atoms with Crippen molar-refractivity contribution in [1.29, 1.82) is 0 Å². The molecular weight excluding hydrogens is 320 g/mol. The molecule has 6 heteroatoms. The van der Waals surface area contributed by atoms with Gasteiger partial charge in [-0.05, 0) is 24.6 Å². The van der Waals surface area contributed by atoms with Crippen LogP contribution in [-0.4, -0.2) is 16.6 Å². The third kappa shape index (κ3) is 2.42. The van der Waals surface area contributed by atoms with Crippen molar-refractivity contribution in [1.82, 2.24) is 9.97 Å². The number of nitrogens with zero attached hydrogens (tertiary/aromatic N) is 2. The number of fused-ring (bicyclic) bond motifs is 1. The fourth-order valence-corrected chi connectivity index (χ4v) is 2.51. The molecule has 5 nitrogen and oxygen atoms in total. The van der Waals surface area contributed by atoms with Gasteiger partial charge in [0.25, 0.3) is 0 Å². The number of hydrogen-bond donors (Lipinski definition) is 2. The lowest BCUT2D eigenvalue weighted by atomic mass is 10.1. The number of nitrogen functional groups attached to an aromatic ring is 1. The number of ether oxygens (including phenoxy) is 1. The topological polar surface area (TPSA) is 73.1 Å². The van der Waals surface area contributed by atoms with Crippen LogP contribution in [0.25, 0.3) is 11.4 Å². The van der Waals surface area contributed by atoms with Gasteiger partial charge in [-0.2, -0.15) is 0 Å². The van der Waals surface area contributed by atoms with Gasteiger partial charge in [0.05, 0.1) is 18.9 Å². The van der Waals surface area contributed by atoms with Crippen LogP contribution in [0.2, 0.25) is 0 Å². The van der Waals surface area contributed by atoms with Crippen molar-refractivity contribution < 1.29 is 4.74 Å². The standard InChI is InChI=1S/C14H15BrN4O/c1-8-6-9(2-3-11(8)15)13-17-12-4-5-20-7-10(12)14(18-13)19-16/h2-3,6H,4-5,7,16H2,1H3,(H,17,18,19). The zero-order valence-electron chi connectivity index (χ0n) is 11.1. The van der Waals surface area contributed by atoms with E-state index in [-0.39, 0.29) is 0 Å². The first-order chi connectivity index (χ1) is 9.69. The zero-order chi connectivity index (χ0) is 14.1. The molecule has 104 valence electrons. The quantitative estimate of drug-likeness (QED) is 0.652. The number of aromatic nitrogens is 2. The molecule has 2 aromatic rings. The number of hydrazine groups is 1. The summed E-state index contributed by atoms with van der Waals surface area (Å²) < 4.78 is 6.51. The SMILES string of the molecule is Cc1cc(-c2nc3c(c(NN)n2)COCC3)ccc1Br. The first-order valence-electron chi connectivity index (χ1n) is 6.39. The highest BCUT2D eigenvalue weighted by Crippen LogP contribution is 2.27. The highest BCUT2D eigenvalue weighted by molar-refractivity contribution is 9.10. The van der Waals surface area contributed by atoms with E-state index in [4.69, 9.17) is 10.6 Å². The Labute approximate surface area is 125 Å². The third-order valence-electron chi connectivity index (χ3n) is 3.38. The average Bonchev–Trinajstić information content (AvgIpc) is 2.49. The van der Waals surface area contributed by atoms with Gasteiger partial charge in [-0.1, -0.05) is 22.0 Å². The first kappa shape index (κ1) is 13.5. The smallest absolute Gasteiger partial charge is 0.161 e. The van der Waals surface area contributed by atoms with Gasteiger partial charge in [-0.25, -0.2) is 15.8 Å². The monoisotopic (exact) mass is 334 g/mol.